The first-order chi connectivity index (χ1) is 9.82. The molecule has 1 aliphatic rings. The van der Waals surface area contributed by atoms with Crippen LogP contribution in [-0.2, 0) is 4.74 Å². The number of allylic oxidation sites excluding steroid dienone is 2. The van der Waals surface area contributed by atoms with Crippen LogP contribution in [0, 0.1) is 20.8 Å². The number of hydrogen-bond donors (Lipinski definition) is 0. The molecule has 0 spiro atoms. The molecule has 1 aromatic carbocycles. The van der Waals surface area contributed by atoms with E-state index in [4.69, 9.17) is 9.47 Å². The van der Waals surface area contributed by atoms with Gasteiger partial charge in [-0.25, -0.2) is 0 Å². The zero-order valence-corrected chi connectivity index (χ0v) is 14.2. The molecule has 0 aliphatic carbocycles. The topological polar surface area (TPSA) is 21.8 Å². The molecule has 0 N–H and O–H groups in total. The molecular formula is C19H28O2. The molecule has 1 heterocycles. The second-order valence-corrected chi connectivity index (χ2v) is 6.78. The van der Waals surface area contributed by atoms with Crippen LogP contribution < -0.4 is 4.74 Å². The second kappa shape index (κ2) is 6.23. The van der Waals surface area contributed by atoms with Gasteiger partial charge in [0.15, 0.2) is 0 Å². The summed E-state index contributed by atoms with van der Waals surface area (Å²) in [5, 5.41) is 0. The van der Waals surface area contributed by atoms with Crippen molar-refractivity contribution in [3.8, 4) is 5.75 Å². The van der Waals surface area contributed by atoms with Gasteiger partial charge in [-0.3, -0.25) is 0 Å². The molecule has 2 atom stereocenters. The van der Waals surface area contributed by atoms with E-state index in [1.54, 1.807) is 0 Å². The third-order valence-electron chi connectivity index (χ3n) is 4.21. The Morgan fingerprint density at radius 3 is 2.43 bits per heavy atom. The number of benzene rings is 1. The first kappa shape index (κ1) is 16.1. The van der Waals surface area contributed by atoms with Crippen molar-refractivity contribution in [3.05, 3.63) is 40.5 Å². The van der Waals surface area contributed by atoms with Crippen LogP contribution in [0.2, 0.25) is 0 Å². The van der Waals surface area contributed by atoms with E-state index in [0.29, 0.717) is 6.61 Å². The van der Waals surface area contributed by atoms with Gasteiger partial charge in [-0.1, -0.05) is 29.3 Å². The highest BCUT2D eigenvalue weighted by molar-refractivity contribution is 5.43. The molecule has 2 rings (SSSR count). The lowest BCUT2D eigenvalue weighted by molar-refractivity contribution is 0.248. The molecule has 1 saturated heterocycles. The lowest BCUT2D eigenvalue weighted by atomic mass is 10.0. The van der Waals surface area contributed by atoms with Gasteiger partial charge in [-0.15, -0.1) is 0 Å². The Bertz CT molecular complexity index is 517. The highest BCUT2D eigenvalue weighted by Crippen LogP contribution is 2.41. The molecule has 0 bridgehead atoms. The van der Waals surface area contributed by atoms with Crippen molar-refractivity contribution >= 4 is 0 Å². The second-order valence-electron chi connectivity index (χ2n) is 6.78. The Hall–Kier alpha value is -1.28. The number of epoxide rings is 1. The van der Waals surface area contributed by atoms with Gasteiger partial charge < -0.3 is 9.47 Å². The summed E-state index contributed by atoms with van der Waals surface area (Å²) in [6.45, 7) is 13.5. The lowest BCUT2D eigenvalue weighted by Gasteiger charge is -2.13. The van der Waals surface area contributed by atoms with Crippen LogP contribution in [0.1, 0.15) is 50.3 Å². The molecule has 0 radical (unpaired) electrons. The molecule has 0 unspecified atom stereocenters. The fourth-order valence-corrected chi connectivity index (χ4v) is 2.92. The summed E-state index contributed by atoms with van der Waals surface area (Å²) in [4.78, 5) is 0. The van der Waals surface area contributed by atoms with E-state index >= 15 is 0 Å². The minimum absolute atomic E-state index is 0.00153. The van der Waals surface area contributed by atoms with Crippen LogP contribution in [0.15, 0.2) is 23.8 Å². The van der Waals surface area contributed by atoms with Gasteiger partial charge in [0.05, 0.1) is 5.60 Å². The number of hydrogen-bond acceptors (Lipinski definition) is 2. The molecule has 1 fully saturated rings. The Morgan fingerprint density at radius 2 is 1.86 bits per heavy atom. The molecule has 0 aromatic heterocycles. The van der Waals surface area contributed by atoms with E-state index in [9.17, 15) is 0 Å². The largest absolute Gasteiger partial charge is 0.490 e. The Kier molecular flexibility index (Phi) is 4.77. The molecule has 1 aliphatic heterocycles. The molecule has 2 nitrogen and oxygen atoms in total. The standard InChI is InChI=1S/C19H28O2/c1-13(2)8-7-9-19(6)17(21-19)12-20-18-15(4)10-14(3)11-16(18)5/h8,10-11,17H,7,9,12H2,1-6H3/t17-,19+/m0/s1. The van der Waals surface area contributed by atoms with Crippen molar-refractivity contribution in [2.75, 3.05) is 6.61 Å². The van der Waals surface area contributed by atoms with Crippen molar-refractivity contribution in [1.82, 2.24) is 0 Å². The van der Waals surface area contributed by atoms with Crippen LogP contribution in [-0.4, -0.2) is 18.3 Å². The van der Waals surface area contributed by atoms with E-state index in [2.05, 4.69) is 59.8 Å². The third kappa shape index (κ3) is 4.10. The zero-order valence-electron chi connectivity index (χ0n) is 14.2. The SMILES string of the molecule is CC(C)=CCC[C@@]1(C)O[C@H]1COc1c(C)cc(C)cc1C. The van der Waals surface area contributed by atoms with Crippen molar-refractivity contribution < 1.29 is 9.47 Å². The molecular weight excluding hydrogens is 260 g/mol. The summed E-state index contributed by atoms with van der Waals surface area (Å²) in [5.74, 6) is 1.02. The molecule has 21 heavy (non-hydrogen) atoms. The van der Waals surface area contributed by atoms with E-state index in [0.717, 1.165) is 18.6 Å². The summed E-state index contributed by atoms with van der Waals surface area (Å²) in [7, 11) is 0. The average Bonchev–Trinajstić information content (AvgIpc) is 2.98. The van der Waals surface area contributed by atoms with E-state index in [1.165, 1.54) is 22.3 Å². The first-order valence-corrected chi connectivity index (χ1v) is 7.83. The summed E-state index contributed by atoms with van der Waals surface area (Å²) < 4.78 is 11.9. The van der Waals surface area contributed by atoms with Gasteiger partial charge in [-0.2, -0.15) is 0 Å². The average molecular weight is 288 g/mol. The maximum absolute atomic E-state index is 6.03. The van der Waals surface area contributed by atoms with E-state index in [-0.39, 0.29) is 11.7 Å². The minimum atomic E-state index is -0.00153. The highest BCUT2D eigenvalue weighted by atomic mass is 16.6. The van der Waals surface area contributed by atoms with Gasteiger partial charge in [0.2, 0.25) is 0 Å². The summed E-state index contributed by atoms with van der Waals surface area (Å²) >= 11 is 0. The fraction of sp³-hybridized carbons (Fsp3) is 0.579. The predicted octanol–water partition coefficient (Wildman–Crippen LogP) is 4.89. The summed E-state index contributed by atoms with van der Waals surface area (Å²) in [5.41, 5.74) is 5.07. The normalized spacial score (nSPS) is 23.8. The first-order valence-electron chi connectivity index (χ1n) is 7.83. The minimum Gasteiger partial charge on any atom is -0.490 e. The highest BCUT2D eigenvalue weighted by Gasteiger charge is 2.51. The van der Waals surface area contributed by atoms with Crippen LogP contribution in [0.5, 0.6) is 5.75 Å². The Morgan fingerprint density at radius 1 is 1.24 bits per heavy atom. The van der Waals surface area contributed by atoms with Gasteiger partial charge in [0.25, 0.3) is 0 Å². The lowest BCUT2D eigenvalue weighted by Crippen LogP contribution is -2.16. The summed E-state index contributed by atoms with van der Waals surface area (Å²) in [6, 6.07) is 4.34. The zero-order chi connectivity index (χ0) is 15.6. The number of ether oxygens (including phenoxy) is 2. The van der Waals surface area contributed by atoms with Gasteiger partial charge in [-0.05, 0) is 65.5 Å². The van der Waals surface area contributed by atoms with Gasteiger partial charge >= 0.3 is 0 Å². The Balaban J connectivity index is 1.87. The van der Waals surface area contributed by atoms with Crippen LogP contribution in [0.4, 0.5) is 0 Å². The van der Waals surface area contributed by atoms with Crippen LogP contribution in [0.25, 0.3) is 0 Å². The maximum atomic E-state index is 6.03. The number of aryl methyl sites for hydroxylation is 3. The van der Waals surface area contributed by atoms with E-state index < -0.39 is 0 Å². The van der Waals surface area contributed by atoms with Crippen LogP contribution in [0.3, 0.4) is 0 Å². The third-order valence-corrected chi connectivity index (χ3v) is 4.21. The van der Waals surface area contributed by atoms with Crippen molar-refractivity contribution in [3.63, 3.8) is 0 Å². The van der Waals surface area contributed by atoms with Crippen LogP contribution >= 0.6 is 0 Å². The Labute approximate surface area is 129 Å². The summed E-state index contributed by atoms with van der Waals surface area (Å²) in [6.07, 6.45) is 4.65. The van der Waals surface area contributed by atoms with Crippen molar-refractivity contribution in [2.45, 2.75) is 66.1 Å². The maximum Gasteiger partial charge on any atom is 0.125 e. The predicted molar refractivity (Wildman–Crippen MR) is 88.1 cm³/mol. The quantitative estimate of drug-likeness (QED) is 0.549. The molecule has 0 saturated carbocycles. The van der Waals surface area contributed by atoms with Gasteiger partial charge in [0.1, 0.15) is 18.5 Å². The number of rotatable bonds is 6. The molecule has 1 aromatic rings. The molecule has 2 heteroatoms. The smallest absolute Gasteiger partial charge is 0.125 e. The molecule has 0 amide bonds. The fourth-order valence-electron chi connectivity index (χ4n) is 2.92. The monoisotopic (exact) mass is 288 g/mol. The van der Waals surface area contributed by atoms with E-state index in [1.807, 2.05) is 0 Å². The van der Waals surface area contributed by atoms with Crippen molar-refractivity contribution in [1.29, 1.82) is 0 Å². The van der Waals surface area contributed by atoms with Gasteiger partial charge in [0, 0.05) is 0 Å². The molecule has 116 valence electrons. The van der Waals surface area contributed by atoms with Crippen molar-refractivity contribution in [2.24, 2.45) is 0 Å².